The first-order chi connectivity index (χ1) is 9.69. The lowest BCUT2D eigenvalue weighted by Gasteiger charge is -2.18. The molecular weight excluding hydrogens is 246 g/mol. The minimum absolute atomic E-state index is 0.343. The standard InChI is InChI=1S/C18H31NO/c1-5-7-8-9-10-13-20-18-14-15(3)11-12-17(18)16(4)19-6-2/h11-12,14,16,19H,5-10,13H2,1-4H3. The first kappa shape index (κ1) is 17.0. The van der Waals surface area contributed by atoms with Crippen molar-refractivity contribution in [2.45, 2.75) is 65.8 Å². The Balaban J connectivity index is 2.52. The third kappa shape index (κ3) is 5.96. The first-order valence-electron chi connectivity index (χ1n) is 8.15. The van der Waals surface area contributed by atoms with Gasteiger partial charge >= 0.3 is 0 Å². The quantitative estimate of drug-likeness (QED) is 0.607. The zero-order valence-electron chi connectivity index (χ0n) is 13.7. The maximum atomic E-state index is 6.03. The summed E-state index contributed by atoms with van der Waals surface area (Å²) < 4.78 is 6.03. The van der Waals surface area contributed by atoms with Gasteiger partial charge in [0.05, 0.1) is 6.61 Å². The molecule has 2 heteroatoms. The van der Waals surface area contributed by atoms with Gasteiger partial charge in [-0.1, -0.05) is 51.7 Å². The average Bonchev–Trinajstić information content (AvgIpc) is 2.43. The highest BCUT2D eigenvalue weighted by molar-refractivity contribution is 5.39. The molecule has 1 atom stereocenters. The highest BCUT2D eigenvalue weighted by Gasteiger charge is 2.10. The van der Waals surface area contributed by atoms with Crippen LogP contribution in [-0.2, 0) is 0 Å². The van der Waals surface area contributed by atoms with Gasteiger partial charge in [0.25, 0.3) is 0 Å². The molecule has 0 aromatic heterocycles. The molecule has 1 rings (SSSR count). The van der Waals surface area contributed by atoms with Crippen LogP contribution >= 0.6 is 0 Å². The highest BCUT2D eigenvalue weighted by atomic mass is 16.5. The molecule has 1 N–H and O–H groups in total. The molecule has 0 amide bonds. The van der Waals surface area contributed by atoms with Crippen LogP contribution in [0, 0.1) is 6.92 Å². The maximum Gasteiger partial charge on any atom is 0.124 e. The van der Waals surface area contributed by atoms with Gasteiger partial charge in [-0.25, -0.2) is 0 Å². The third-order valence-corrected chi connectivity index (χ3v) is 3.65. The summed E-state index contributed by atoms with van der Waals surface area (Å²) in [6.07, 6.45) is 6.39. The van der Waals surface area contributed by atoms with Crippen molar-refractivity contribution >= 4 is 0 Å². The molecule has 0 saturated carbocycles. The van der Waals surface area contributed by atoms with Crippen molar-refractivity contribution in [1.82, 2.24) is 5.32 Å². The second kappa shape index (κ2) is 9.82. The Kier molecular flexibility index (Phi) is 8.36. The second-order valence-electron chi connectivity index (χ2n) is 5.58. The number of hydrogen-bond acceptors (Lipinski definition) is 2. The molecule has 1 aromatic carbocycles. The molecule has 0 radical (unpaired) electrons. The van der Waals surface area contributed by atoms with Crippen molar-refractivity contribution in [3.05, 3.63) is 29.3 Å². The molecular formula is C18H31NO. The molecule has 0 fully saturated rings. The smallest absolute Gasteiger partial charge is 0.124 e. The van der Waals surface area contributed by atoms with Crippen LogP contribution in [0.25, 0.3) is 0 Å². The number of rotatable bonds is 10. The molecule has 0 aliphatic rings. The van der Waals surface area contributed by atoms with Crippen LogP contribution < -0.4 is 10.1 Å². The summed E-state index contributed by atoms with van der Waals surface area (Å²) in [5, 5.41) is 3.46. The summed E-state index contributed by atoms with van der Waals surface area (Å²) in [5.74, 6) is 1.05. The number of benzene rings is 1. The van der Waals surface area contributed by atoms with Gasteiger partial charge in [-0.15, -0.1) is 0 Å². The lowest BCUT2D eigenvalue weighted by molar-refractivity contribution is 0.298. The number of unbranched alkanes of at least 4 members (excludes halogenated alkanes) is 4. The largest absolute Gasteiger partial charge is 0.493 e. The molecule has 1 unspecified atom stereocenters. The molecule has 0 saturated heterocycles. The topological polar surface area (TPSA) is 21.3 Å². The van der Waals surface area contributed by atoms with Gasteiger partial charge in [-0.05, 0) is 38.4 Å². The van der Waals surface area contributed by atoms with Gasteiger partial charge in [0, 0.05) is 11.6 Å². The van der Waals surface area contributed by atoms with Crippen molar-refractivity contribution in [3.8, 4) is 5.75 Å². The molecule has 0 spiro atoms. The highest BCUT2D eigenvalue weighted by Crippen LogP contribution is 2.26. The van der Waals surface area contributed by atoms with Gasteiger partial charge in [0.2, 0.25) is 0 Å². The lowest BCUT2D eigenvalue weighted by Crippen LogP contribution is -2.18. The Hall–Kier alpha value is -1.02. The molecule has 0 bridgehead atoms. The Morgan fingerprint density at radius 3 is 2.55 bits per heavy atom. The van der Waals surface area contributed by atoms with E-state index >= 15 is 0 Å². The fourth-order valence-electron chi connectivity index (χ4n) is 2.43. The van der Waals surface area contributed by atoms with Gasteiger partial charge in [0.15, 0.2) is 0 Å². The van der Waals surface area contributed by atoms with E-state index in [2.05, 4.69) is 51.2 Å². The maximum absolute atomic E-state index is 6.03. The van der Waals surface area contributed by atoms with Crippen LogP contribution in [0.2, 0.25) is 0 Å². The van der Waals surface area contributed by atoms with E-state index in [1.807, 2.05) is 0 Å². The van der Waals surface area contributed by atoms with E-state index in [0.29, 0.717) is 6.04 Å². The predicted octanol–water partition coefficient (Wildman–Crippen LogP) is 5.01. The fraction of sp³-hybridized carbons (Fsp3) is 0.667. The van der Waals surface area contributed by atoms with Crippen molar-refractivity contribution in [2.24, 2.45) is 0 Å². The van der Waals surface area contributed by atoms with E-state index in [-0.39, 0.29) is 0 Å². The molecule has 1 aromatic rings. The van der Waals surface area contributed by atoms with Crippen LogP contribution in [0.4, 0.5) is 0 Å². The number of aryl methyl sites for hydroxylation is 1. The summed E-state index contributed by atoms with van der Waals surface area (Å²) >= 11 is 0. The molecule has 0 aliphatic carbocycles. The van der Waals surface area contributed by atoms with Crippen molar-refractivity contribution < 1.29 is 4.74 Å². The van der Waals surface area contributed by atoms with Crippen molar-refractivity contribution in [3.63, 3.8) is 0 Å². The Morgan fingerprint density at radius 2 is 1.85 bits per heavy atom. The summed E-state index contributed by atoms with van der Waals surface area (Å²) in [6, 6.07) is 6.86. The van der Waals surface area contributed by atoms with E-state index in [1.54, 1.807) is 0 Å². The van der Waals surface area contributed by atoms with Gasteiger partial charge in [0.1, 0.15) is 5.75 Å². The minimum atomic E-state index is 0.343. The SMILES string of the molecule is CCCCCCCOc1cc(C)ccc1C(C)NCC. The molecule has 20 heavy (non-hydrogen) atoms. The van der Waals surface area contributed by atoms with E-state index in [1.165, 1.54) is 36.8 Å². The van der Waals surface area contributed by atoms with Crippen LogP contribution in [0.3, 0.4) is 0 Å². The fourth-order valence-corrected chi connectivity index (χ4v) is 2.43. The van der Waals surface area contributed by atoms with Crippen LogP contribution in [0.15, 0.2) is 18.2 Å². The first-order valence-corrected chi connectivity index (χ1v) is 8.15. The summed E-state index contributed by atoms with van der Waals surface area (Å²) in [7, 11) is 0. The molecule has 2 nitrogen and oxygen atoms in total. The van der Waals surface area contributed by atoms with E-state index < -0.39 is 0 Å². The zero-order chi connectivity index (χ0) is 14.8. The predicted molar refractivity (Wildman–Crippen MR) is 87.5 cm³/mol. The lowest BCUT2D eigenvalue weighted by atomic mass is 10.0. The third-order valence-electron chi connectivity index (χ3n) is 3.65. The van der Waals surface area contributed by atoms with Crippen molar-refractivity contribution in [1.29, 1.82) is 0 Å². The van der Waals surface area contributed by atoms with Crippen LogP contribution in [0.5, 0.6) is 5.75 Å². The van der Waals surface area contributed by atoms with E-state index in [4.69, 9.17) is 4.74 Å². The second-order valence-corrected chi connectivity index (χ2v) is 5.58. The Labute approximate surface area is 124 Å². The Morgan fingerprint density at radius 1 is 1.10 bits per heavy atom. The Bertz CT molecular complexity index is 376. The van der Waals surface area contributed by atoms with Gasteiger partial charge in [-0.3, -0.25) is 0 Å². The summed E-state index contributed by atoms with van der Waals surface area (Å²) in [4.78, 5) is 0. The van der Waals surface area contributed by atoms with Crippen molar-refractivity contribution in [2.75, 3.05) is 13.2 Å². The minimum Gasteiger partial charge on any atom is -0.493 e. The molecule has 114 valence electrons. The summed E-state index contributed by atoms with van der Waals surface area (Å²) in [5.41, 5.74) is 2.53. The van der Waals surface area contributed by atoms with Crippen LogP contribution in [-0.4, -0.2) is 13.2 Å². The molecule has 0 heterocycles. The normalized spacial score (nSPS) is 12.4. The van der Waals surface area contributed by atoms with E-state index in [9.17, 15) is 0 Å². The average molecular weight is 277 g/mol. The molecule has 0 aliphatic heterocycles. The number of ether oxygens (including phenoxy) is 1. The zero-order valence-corrected chi connectivity index (χ0v) is 13.7. The monoisotopic (exact) mass is 277 g/mol. The van der Waals surface area contributed by atoms with Gasteiger partial charge < -0.3 is 10.1 Å². The van der Waals surface area contributed by atoms with Gasteiger partial charge in [-0.2, -0.15) is 0 Å². The van der Waals surface area contributed by atoms with Crippen LogP contribution in [0.1, 0.15) is 70.0 Å². The van der Waals surface area contributed by atoms with E-state index in [0.717, 1.165) is 25.3 Å². The summed E-state index contributed by atoms with van der Waals surface area (Å²) in [6.45, 7) is 10.5. The number of nitrogens with one attached hydrogen (secondary N) is 1. The number of hydrogen-bond donors (Lipinski definition) is 1.